The van der Waals surface area contributed by atoms with Crippen molar-refractivity contribution < 1.29 is 9.53 Å². The van der Waals surface area contributed by atoms with E-state index < -0.39 is 0 Å². The summed E-state index contributed by atoms with van der Waals surface area (Å²) in [7, 11) is 0. The van der Waals surface area contributed by atoms with Crippen molar-refractivity contribution in [2.24, 2.45) is 0 Å². The molecule has 1 fully saturated rings. The van der Waals surface area contributed by atoms with Crippen molar-refractivity contribution in [3.63, 3.8) is 0 Å². The fourth-order valence-corrected chi connectivity index (χ4v) is 3.00. The van der Waals surface area contributed by atoms with Crippen molar-refractivity contribution in [1.29, 1.82) is 0 Å². The molecule has 1 aromatic rings. The molecule has 0 bridgehead atoms. The zero-order valence-corrected chi connectivity index (χ0v) is 10.9. The maximum Gasteiger partial charge on any atom is 0.251 e. The van der Waals surface area contributed by atoms with Crippen LogP contribution in [0.25, 0.3) is 0 Å². The lowest BCUT2D eigenvalue weighted by Crippen LogP contribution is -2.37. The molecular weight excluding hydrogens is 250 g/mol. The van der Waals surface area contributed by atoms with Gasteiger partial charge in [-0.3, -0.25) is 4.79 Å². The predicted molar refractivity (Wildman–Crippen MR) is 70.4 cm³/mol. The van der Waals surface area contributed by atoms with Crippen molar-refractivity contribution in [2.45, 2.75) is 37.1 Å². The second kappa shape index (κ2) is 4.81. The van der Waals surface area contributed by atoms with E-state index in [1.54, 1.807) is 0 Å². The first-order valence-electron chi connectivity index (χ1n) is 6.45. The van der Waals surface area contributed by atoms with Crippen LogP contribution in [0.2, 0.25) is 0 Å². The van der Waals surface area contributed by atoms with Gasteiger partial charge < -0.3 is 10.1 Å². The molecular formula is C14H16ClNO2. The summed E-state index contributed by atoms with van der Waals surface area (Å²) in [5.41, 5.74) is 1.83. The minimum Gasteiger partial charge on any atom is -0.493 e. The van der Waals surface area contributed by atoms with Crippen LogP contribution >= 0.6 is 11.6 Å². The van der Waals surface area contributed by atoms with E-state index in [4.69, 9.17) is 16.3 Å². The fourth-order valence-electron chi connectivity index (χ4n) is 2.66. The highest BCUT2D eigenvalue weighted by molar-refractivity contribution is 6.21. The Labute approximate surface area is 111 Å². The summed E-state index contributed by atoms with van der Waals surface area (Å²) in [5.74, 6) is 0.880. The van der Waals surface area contributed by atoms with Crippen LogP contribution in [0.15, 0.2) is 18.2 Å². The third-order valence-electron chi connectivity index (χ3n) is 3.70. The molecule has 1 aliphatic carbocycles. The molecule has 2 atom stereocenters. The fraction of sp³-hybridized carbons (Fsp3) is 0.500. The SMILES string of the molecule is O=C(NC1CCCC1Cl)c1ccc2c(c1)CCO2. The Balaban J connectivity index is 1.72. The van der Waals surface area contributed by atoms with Crippen molar-refractivity contribution in [2.75, 3.05) is 6.61 Å². The Kier molecular flexibility index (Phi) is 3.16. The van der Waals surface area contributed by atoms with Crippen LogP contribution in [0, 0.1) is 0 Å². The van der Waals surface area contributed by atoms with E-state index in [1.165, 1.54) is 0 Å². The second-order valence-electron chi connectivity index (χ2n) is 4.95. The third kappa shape index (κ3) is 2.19. The van der Waals surface area contributed by atoms with Crippen molar-refractivity contribution in [1.82, 2.24) is 5.32 Å². The molecule has 1 aliphatic heterocycles. The van der Waals surface area contributed by atoms with Crippen LogP contribution in [0.5, 0.6) is 5.75 Å². The first-order valence-corrected chi connectivity index (χ1v) is 6.88. The maximum atomic E-state index is 12.1. The molecule has 1 heterocycles. The average molecular weight is 266 g/mol. The number of hydrogen-bond acceptors (Lipinski definition) is 2. The number of ether oxygens (including phenoxy) is 1. The van der Waals surface area contributed by atoms with Crippen molar-refractivity contribution in [3.8, 4) is 5.75 Å². The number of hydrogen-bond donors (Lipinski definition) is 1. The maximum absolute atomic E-state index is 12.1. The topological polar surface area (TPSA) is 38.3 Å². The summed E-state index contributed by atoms with van der Waals surface area (Å²) in [6, 6.07) is 5.74. The Morgan fingerprint density at radius 3 is 3.06 bits per heavy atom. The van der Waals surface area contributed by atoms with Gasteiger partial charge in [0.25, 0.3) is 5.91 Å². The molecule has 0 saturated heterocycles. The van der Waals surface area contributed by atoms with Gasteiger partial charge in [-0.25, -0.2) is 0 Å². The third-order valence-corrected chi connectivity index (χ3v) is 4.22. The lowest BCUT2D eigenvalue weighted by atomic mass is 10.1. The summed E-state index contributed by atoms with van der Waals surface area (Å²) in [6.45, 7) is 0.715. The van der Waals surface area contributed by atoms with Gasteiger partial charge in [0.1, 0.15) is 5.75 Å². The van der Waals surface area contributed by atoms with Crippen LogP contribution in [0.4, 0.5) is 0 Å². The molecule has 4 heteroatoms. The molecule has 1 saturated carbocycles. The average Bonchev–Trinajstić information content (AvgIpc) is 2.98. The smallest absolute Gasteiger partial charge is 0.251 e. The van der Waals surface area contributed by atoms with Gasteiger partial charge in [-0.05, 0) is 43.0 Å². The van der Waals surface area contributed by atoms with Crippen LogP contribution < -0.4 is 10.1 Å². The van der Waals surface area contributed by atoms with Gasteiger partial charge in [0.15, 0.2) is 0 Å². The van der Waals surface area contributed by atoms with E-state index in [1.807, 2.05) is 18.2 Å². The number of amides is 1. The largest absolute Gasteiger partial charge is 0.493 e. The molecule has 0 spiro atoms. The quantitative estimate of drug-likeness (QED) is 0.835. The number of halogens is 1. The number of carbonyl (C=O) groups is 1. The molecule has 18 heavy (non-hydrogen) atoms. The summed E-state index contributed by atoms with van der Waals surface area (Å²) in [5, 5.41) is 3.10. The van der Waals surface area contributed by atoms with E-state index >= 15 is 0 Å². The molecule has 0 aromatic heterocycles. The highest BCUT2D eigenvalue weighted by Crippen LogP contribution is 2.27. The van der Waals surface area contributed by atoms with E-state index in [9.17, 15) is 4.79 Å². The number of nitrogens with one attached hydrogen (secondary N) is 1. The number of carbonyl (C=O) groups excluding carboxylic acids is 1. The Morgan fingerprint density at radius 1 is 1.39 bits per heavy atom. The number of rotatable bonds is 2. The number of fused-ring (bicyclic) bond motifs is 1. The summed E-state index contributed by atoms with van der Waals surface area (Å²) >= 11 is 6.17. The van der Waals surface area contributed by atoms with Gasteiger partial charge in [-0.1, -0.05) is 0 Å². The minimum absolute atomic E-state index is 0.0257. The molecule has 0 radical (unpaired) electrons. The predicted octanol–water partition coefficient (Wildman–Crippen LogP) is 2.51. The van der Waals surface area contributed by atoms with Crippen molar-refractivity contribution >= 4 is 17.5 Å². The first-order chi connectivity index (χ1) is 8.74. The molecule has 1 N–H and O–H groups in total. The molecule has 96 valence electrons. The summed E-state index contributed by atoms with van der Waals surface area (Å²) < 4.78 is 5.43. The molecule has 2 unspecified atom stereocenters. The van der Waals surface area contributed by atoms with Crippen molar-refractivity contribution in [3.05, 3.63) is 29.3 Å². The summed E-state index contributed by atoms with van der Waals surface area (Å²) in [4.78, 5) is 12.1. The monoisotopic (exact) mass is 265 g/mol. The second-order valence-corrected chi connectivity index (χ2v) is 5.51. The van der Waals surface area contributed by atoms with Crippen LogP contribution in [0.3, 0.4) is 0 Å². The molecule has 1 aromatic carbocycles. The normalized spacial score (nSPS) is 25.6. The Morgan fingerprint density at radius 2 is 2.28 bits per heavy atom. The Hall–Kier alpha value is -1.22. The van der Waals surface area contributed by atoms with Crippen LogP contribution in [-0.4, -0.2) is 23.9 Å². The molecule has 1 amide bonds. The molecule has 2 aliphatic rings. The highest BCUT2D eigenvalue weighted by atomic mass is 35.5. The van der Waals surface area contributed by atoms with Gasteiger partial charge in [-0.15, -0.1) is 11.6 Å². The zero-order chi connectivity index (χ0) is 12.5. The lowest BCUT2D eigenvalue weighted by molar-refractivity contribution is 0.0938. The number of benzene rings is 1. The van der Waals surface area contributed by atoms with Gasteiger partial charge in [0.05, 0.1) is 12.0 Å². The number of alkyl halides is 1. The van der Waals surface area contributed by atoms with Crippen LogP contribution in [-0.2, 0) is 6.42 Å². The van der Waals surface area contributed by atoms with Gasteiger partial charge in [-0.2, -0.15) is 0 Å². The zero-order valence-electron chi connectivity index (χ0n) is 10.1. The lowest BCUT2D eigenvalue weighted by Gasteiger charge is -2.16. The molecule has 3 nitrogen and oxygen atoms in total. The van der Waals surface area contributed by atoms with Gasteiger partial charge in [0, 0.05) is 18.0 Å². The van der Waals surface area contributed by atoms with Gasteiger partial charge in [0.2, 0.25) is 0 Å². The standard InChI is InChI=1S/C14H16ClNO2/c15-11-2-1-3-12(11)16-14(17)10-4-5-13-9(8-10)6-7-18-13/h4-5,8,11-12H,1-3,6-7H2,(H,16,17). The first kappa shape index (κ1) is 11.8. The van der Waals surface area contributed by atoms with E-state index in [2.05, 4.69) is 5.32 Å². The van der Waals surface area contributed by atoms with E-state index in [0.717, 1.165) is 37.0 Å². The Bertz CT molecular complexity index is 475. The molecule has 3 rings (SSSR count). The minimum atomic E-state index is -0.0257. The van der Waals surface area contributed by atoms with Gasteiger partial charge >= 0.3 is 0 Å². The van der Waals surface area contributed by atoms with E-state index in [-0.39, 0.29) is 17.3 Å². The van der Waals surface area contributed by atoms with E-state index in [0.29, 0.717) is 12.2 Å². The highest BCUT2D eigenvalue weighted by Gasteiger charge is 2.27. The van der Waals surface area contributed by atoms with Crippen LogP contribution in [0.1, 0.15) is 35.2 Å². The summed E-state index contributed by atoms with van der Waals surface area (Å²) in [6.07, 6.45) is 3.95.